The first kappa shape index (κ1) is 21.2. The van der Waals surface area contributed by atoms with Gasteiger partial charge in [0.2, 0.25) is 5.91 Å². The zero-order valence-corrected chi connectivity index (χ0v) is 17.0. The number of alkyl halides is 3. The van der Waals surface area contributed by atoms with E-state index in [4.69, 9.17) is 16.3 Å². The van der Waals surface area contributed by atoms with Gasteiger partial charge in [-0.25, -0.2) is 0 Å². The van der Waals surface area contributed by atoms with E-state index in [1.807, 2.05) is 0 Å². The third kappa shape index (κ3) is 3.99. The molecule has 2 aromatic rings. The third-order valence-electron chi connectivity index (χ3n) is 5.40. The Morgan fingerprint density at radius 2 is 1.94 bits per heavy atom. The number of hydrogen-bond acceptors (Lipinski definition) is 3. The first-order valence-corrected chi connectivity index (χ1v) is 9.91. The highest BCUT2D eigenvalue weighted by Crippen LogP contribution is 2.44. The first-order chi connectivity index (χ1) is 14.7. The van der Waals surface area contributed by atoms with Crippen LogP contribution in [0.5, 0.6) is 5.75 Å². The van der Waals surface area contributed by atoms with Gasteiger partial charge in [0, 0.05) is 31.1 Å². The van der Waals surface area contributed by atoms with Crippen LogP contribution in [0.15, 0.2) is 49.1 Å². The number of rotatable bonds is 4. The van der Waals surface area contributed by atoms with E-state index in [9.17, 15) is 22.8 Å². The molecule has 1 fully saturated rings. The molecule has 2 aliphatic heterocycles. The standard InChI is InChI=1S/C22H18ClF3N2O3/c1-2-20(29)27-9-13(10-27)11-28-18-8-17(23)15(7-19(18)31-12-21(28)30)14-5-3-4-6-16(14)22(24,25)26/h2-8,13H,1,9-12H2. The highest BCUT2D eigenvalue weighted by Gasteiger charge is 2.37. The molecule has 2 amide bonds. The van der Waals surface area contributed by atoms with Gasteiger partial charge in [0.15, 0.2) is 6.61 Å². The minimum atomic E-state index is -4.54. The average Bonchev–Trinajstić information content (AvgIpc) is 2.70. The van der Waals surface area contributed by atoms with Crippen LogP contribution in [0.3, 0.4) is 0 Å². The summed E-state index contributed by atoms with van der Waals surface area (Å²) in [6.45, 7) is 4.57. The van der Waals surface area contributed by atoms with Crippen molar-refractivity contribution in [3.63, 3.8) is 0 Å². The van der Waals surface area contributed by atoms with Gasteiger partial charge in [0.05, 0.1) is 16.3 Å². The Balaban J connectivity index is 1.64. The predicted octanol–water partition coefficient (Wildman–Crippen LogP) is 4.40. The van der Waals surface area contributed by atoms with Crippen molar-refractivity contribution in [1.29, 1.82) is 0 Å². The molecular weight excluding hydrogens is 433 g/mol. The van der Waals surface area contributed by atoms with E-state index in [1.54, 1.807) is 4.90 Å². The second kappa shape index (κ2) is 7.92. The fourth-order valence-corrected chi connectivity index (χ4v) is 4.11. The van der Waals surface area contributed by atoms with E-state index in [0.717, 1.165) is 6.07 Å². The molecule has 2 heterocycles. The summed E-state index contributed by atoms with van der Waals surface area (Å²) in [6, 6.07) is 8.06. The lowest BCUT2D eigenvalue weighted by atomic mass is 9.96. The highest BCUT2D eigenvalue weighted by atomic mass is 35.5. The first-order valence-electron chi connectivity index (χ1n) is 9.53. The molecule has 1 saturated heterocycles. The number of likely N-dealkylation sites (tertiary alicyclic amines) is 1. The Bertz CT molecular complexity index is 1060. The molecule has 0 N–H and O–H groups in total. The normalized spacial score (nSPS) is 16.5. The van der Waals surface area contributed by atoms with Gasteiger partial charge in [-0.15, -0.1) is 0 Å². The summed E-state index contributed by atoms with van der Waals surface area (Å²) in [6.07, 6.45) is -3.30. The summed E-state index contributed by atoms with van der Waals surface area (Å²) in [5, 5.41) is 0.0795. The number of fused-ring (bicyclic) bond motifs is 1. The topological polar surface area (TPSA) is 49.9 Å². The van der Waals surface area contributed by atoms with Gasteiger partial charge in [-0.05, 0) is 29.8 Å². The van der Waals surface area contributed by atoms with Crippen LogP contribution < -0.4 is 9.64 Å². The molecule has 0 spiro atoms. The Hall–Kier alpha value is -3.00. The maximum absolute atomic E-state index is 13.5. The fourth-order valence-electron chi connectivity index (χ4n) is 3.85. The van der Waals surface area contributed by atoms with E-state index < -0.39 is 11.7 Å². The summed E-state index contributed by atoms with van der Waals surface area (Å²) >= 11 is 6.37. The number of nitrogens with zero attached hydrogens (tertiary/aromatic N) is 2. The molecule has 2 aromatic carbocycles. The predicted molar refractivity (Wildman–Crippen MR) is 110 cm³/mol. The average molecular weight is 451 g/mol. The molecule has 9 heteroatoms. The lowest BCUT2D eigenvalue weighted by molar-refractivity contribution is -0.137. The van der Waals surface area contributed by atoms with Crippen molar-refractivity contribution in [2.24, 2.45) is 5.92 Å². The van der Waals surface area contributed by atoms with E-state index in [0.29, 0.717) is 25.3 Å². The molecule has 0 atom stereocenters. The van der Waals surface area contributed by atoms with Gasteiger partial charge >= 0.3 is 6.18 Å². The highest BCUT2D eigenvalue weighted by molar-refractivity contribution is 6.34. The van der Waals surface area contributed by atoms with Gasteiger partial charge in [0.25, 0.3) is 5.91 Å². The van der Waals surface area contributed by atoms with Crippen molar-refractivity contribution in [1.82, 2.24) is 4.90 Å². The number of amides is 2. The minimum absolute atomic E-state index is 0.0626. The molecule has 0 aliphatic carbocycles. The third-order valence-corrected chi connectivity index (χ3v) is 5.71. The second-order valence-electron chi connectivity index (χ2n) is 7.45. The molecule has 5 nitrogen and oxygen atoms in total. The van der Waals surface area contributed by atoms with Gasteiger partial charge in [0.1, 0.15) is 5.75 Å². The summed E-state index contributed by atoms with van der Waals surface area (Å²) in [5.74, 6) is -0.0843. The minimum Gasteiger partial charge on any atom is -0.482 e. The number of anilines is 1. The van der Waals surface area contributed by atoms with Crippen LogP contribution in [0, 0.1) is 5.92 Å². The summed E-state index contributed by atoms with van der Waals surface area (Å²) in [5.41, 5.74) is -0.286. The maximum atomic E-state index is 13.5. The van der Waals surface area contributed by atoms with Crippen molar-refractivity contribution >= 4 is 29.1 Å². The largest absolute Gasteiger partial charge is 0.482 e. The fraction of sp³-hybridized carbons (Fsp3) is 0.273. The SMILES string of the molecule is C=CC(=O)N1CC(CN2C(=O)COc3cc(-c4ccccc4C(F)(F)F)c(Cl)cc32)C1. The van der Waals surface area contributed by atoms with Crippen LogP contribution >= 0.6 is 11.6 Å². The molecule has 0 saturated carbocycles. The molecular formula is C22H18ClF3N2O3. The van der Waals surface area contributed by atoms with E-state index in [1.165, 1.54) is 41.3 Å². The van der Waals surface area contributed by atoms with Crippen molar-refractivity contribution < 1.29 is 27.5 Å². The van der Waals surface area contributed by atoms with Crippen LogP contribution in [0.4, 0.5) is 18.9 Å². The van der Waals surface area contributed by atoms with Crippen LogP contribution in [0.25, 0.3) is 11.1 Å². The number of ether oxygens (including phenoxy) is 1. The van der Waals surface area contributed by atoms with Gasteiger partial charge in [-0.1, -0.05) is 36.4 Å². The van der Waals surface area contributed by atoms with Gasteiger partial charge < -0.3 is 14.5 Å². The molecule has 4 rings (SSSR count). The molecule has 0 aromatic heterocycles. The zero-order chi connectivity index (χ0) is 22.3. The summed E-state index contributed by atoms with van der Waals surface area (Å²) in [4.78, 5) is 27.2. The molecule has 0 unspecified atom stereocenters. The molecule has 0 bridgehead atoms. The number of carbonyl (C=O) groups is 2. The Labute approximate surface area is 181 Å². The molecule has 2 aliphatic rings. The van der Waals surface area contributed by atoms with Crippen molar-refractivity contribution in [2.75, 3.05) is 31.1 Å². The summed E-state index contributed by atoms with van der Waals surface area (Å²) < 4.78 is 45.9. The quantitative estimate of drug-likeness (QED) is 0.649. The van der Waals surface area contributed by atoms with Crippen LogP contribution in [-0.2, 0) is 15.8 Å². The van der Waals surface area contributed by atoms with Crippen LogP contribution in [0.2, 0.25) is 5.02 Å². The summed E-state index contributed by atoms with van der Waals surface area (Å²) in [7, 11) is 0. The smallest absolute Gasteiger partial charge is 0.417 e. The Kier molecular flexibility index (Phi) is 5.43. The van der Waals surface area contributed by atoms with Gasteiger partial charge in [-0.2, -0.15) is 13.2 Å². The molecule has 162 valence electrons. The number of benzene rings is 2. The zero-order valence-electron chi connectivity index (χ0n) is 16.3. The lowest BCUT2D eigenvalue weighted by Crippen LogP contribution is -2.55. The van der Waals surface area contributed by atoms with Crippen LogP contribution in [-0.4, -0.2) is 43.0 Å². The monoisotopic (exact) mass is 450 g/mol. The molecule has 31 heavy (non-hydrogen) atoms. The lowest BCUT2D eigenvalue weighted by Gasteiger charge is -2.42. The Morgan fingerprint density at radius 1 is 1.23 bits per heavy atom. The van der Waals surface area contributed by atoms with Crippen molar-refractivity contribution in [3.8, 4) is 16.9 Å². The number of halogens is 4. The van der Waals surface area contributed by atoms with Crippen molar-refractivity contribution in [3.05, 3.63) is 59.6 Å². The Morgan fingerprint density at radius 3 is 2.61 bits per heavy atom. The molecule has 0 radical (unpaired) electrons. The maximum Gasteiger partial charge on any atom is 0.417 e. The van der Waals surface area contributed by atoms with E-state index in [-0.39, 0.29) is 46.2 Å². The van der Waals surface area contributed by atoms with E-state index in [2.05, 4.69) is 6.58 Å². The second-order valence-corrected chi connectivity index (χ2v) is 7.86. The van der Waals surface area contributed by atoms with Gasteiger partial charge in [-0.3, -0.25) is 9.59 Å². The number of carbonyl (C=O) groups excluding carboxylic acids is 2. The van der Waals surface area contributed by atoms with Crippen molar-refractivity contribution in [2.45, 2.75) is 6.18 Å². The van der Waals surface area contributed by atoms with Crippen LogP contribution in [0.1, 0.15) is 5.56 Å². The van der Waals surface area contributed by atoms with E-state index >= 15 is 0 Å². The number of hydrogen-bond donors (Lipinski definition) is 0.